The molecule has 0 aliphatic heterocycles. The number of aromatic nitrogens is 1. The first-order valence-corrected chi connectivity index (χ1v) is 4.07. The summed E-state index contributed by atoms with van der Waals surface area (Å²) in [7, 11) is 1.02. The highest BCUT2D eigenvalue weighted by Gasteiger charge is 2.26. The SMILES string of the molecule is COC(=O)c1c(C#N)ncc(N)c1C(F)F. The highest BCUT2D eigenvalue weighted by molar-refractivity contribution is 5.94. The minimum atomic E-state index is -2.98. The van der Waals surface area contributed by atoms with Gasteiger partial charge in [-0.3, -0.25) is 0 Å². The highest BCUT2D eigenvalue weighted by Crippen LogP contribution is 2.30. The third kappa shape index (κ3) is 1.91. The number of nitrogens with two attached hydrogens (primary N) is 1. The van der Waals surface area contributed by atoms with Gasteiger partial charge in [0.05, 0.1) is 24.6 Å². The molecule has 0 saturated heterocycles. The second-order valence-electron chi connectivity index (χ2n) is 2.75. The third-order valence-electron chi connectivity index (χ3n) is 1.86. The van der Waals surface area contributed by atoms with Crippen LogP contribution >= 0.6 is 0 Å². The zero-order valence-electron chi connectivity index (χ0n) is 8.20. The number of nitrogens with zero attached hydrogens (tertiary/aromatic N) is 2. The van der Waals surface area contributed by atoms with Crippen molar-refractivity contribution < 1.29 is 18.3 Å². The molecule has 1 aromatic heterocycles. The molecule has 0 aromatic carbocycles. The van der Waals surface area contributed by atoms with Crippen molar-refractivity contribution in [2.75, 3.05) is 12.8 Å². The van der Waals surface area contributed by atoms with Crippen molar-refractivity contribution >= 4 is 11.7 Å². The van der Waals surface area contributed by atoms with Gasteiger partial charge in [0.25, 0.3) is 6.43 Å². The van der Waals surface area contributed by atoms with E-state index in [0.29, 0.717) is 0 Å². The number of anilines is 1. The standard InChI is InChI=1S/C9H7F2N3O2/c1-16-9(15)7-5(2-12)14-3-4(13)6(7)8(10)11/h3,8H,13H2,1H3. The van der Waals surface area contributed by atoms with Gasteiger partial charge in [-0.1, -0.05) is 0 Å². The summed E-state index contributed by atoms with van der Waals surface area (Å²) in [5, 5.41) is 8.65. The Labute approximate surface area is 89.4 Å². The summed E-state index contributed by atoms with van der Waals surface area (Å²) in [6, 6.07) is 1.53. The number of halogens is 2. The van der Waals surface area contributed by atoms with E-state index in [1.54, 1.807) is 0 Å². The summed E-state index contributed by atoms with van der Waals surface area (Å²) >= 11 is 0. The topological polar surface area (TPSA) is 89.0 Å². The molecule has 0 spiro atoms. The predicted octanol–water partition coefficient (Wildman–Crippen LogP) is 1.26. The van der Waals surface area contributed by atoms with Gasteiger partial charge in [0.2, 0.25) is 0 Å². The molecular weight excluding hydrogens is 220 g/mol. The van der Waals surface area contributed by atoms with Crippen LogP contribution in [0.15, 0.2) is 6.20 Å². The lowest BCUT2D eigenvalue weighted by molar-refractivity contribution is 0.0588. The van der Waals surface area contributed by atoms with Crippen molar-refractivity contribution in [3.63, 3.8) is 0 Å². The Morgan fingerprint density at radius 1 is 1.69 bits per heavy atom. The molecule has 0 saturated carbocycles. The number of hydrogen-bond donors (Lipinski definition) is 1. The molecule has 1 rings (SSSR count). The molecule has 0 bridgehead atoms. The zero-order chi connectivity index (χ0) is 12.3. The molecule has 0 amide bonds. The monoisotopic (exact) mass is 227 g/mol. The minimum absolute atomic E-state index is 0.352. The maximum atomic E-state index is 12.7. The molecule has 84 valence electrons. The first-order chi connectivity index (χ1) is 7.52. The maximum absolute atomic E-state index is 12.7. The number of methoxy groups -OCH3 is 1. The van der Waals surface area contributed by atoms with Crippen LogP contribution in [0.2, 0.25) is 0 Å². The molecule has 0 aliphatic carbocycles. The number of carbonyl (C=O) groups is 1. The molecule has 0 atom stereocenters. The quantitative estimate of drug-likeness (QED) is 0.768. The second kappa shape index (κ2) is 4.53. The number of carbonyl (C=O) groups excluding carboxylic acids is 1. The van der Waals surface area contributed by atoms with Crippen LogP contribution in [0, 0.1) is 11.3 Å². The Morgan fingerprint density at radius 2 is 2.31 bits per heavy atom. The molecule has 2 N–H and O–H groups in total. The Kier molecular flexibility index (Phi) is 3.35. The van der Waals surface area contributed by atoms with Gasteiger partial charge < -0.3 is 10.5 Å². The van der Waals surface area contributed by atoms with Crippen LogP contribution in [0.4, 0.5) is 14.5 Å². The van der Waals surface area contributed by atoms with Crippen molar-refractivity contribution in [3.05, 3.63) is 23.0 Å². The van der Waals surface area contributed by atoms with Crippen LogP contribution < -0.4 is 5.73 Å². The molecule has 1 heterocycles. The molecule has 16 heavy (non-hydrogen) atoms. The van der Waals surface area contributed by atoms with Crippen LogP contribution in [0.25, 0.3) is 0 Å². The maximum Gasteiger partial charge on any atom is 0.341 e. The summed E-state index contributed by atoms with van der Waals surface area (Å²) < 4.78 is 29.7. The van der Waals surface area contributed by atoms with Crippen molar-refractivity contribution in [1.29, 1.82) is 5.26 Å². The normalized spacial score (nSPS) is 9.94. The molecule has 0 fully saturated rings. The number of pyridine rings is 1. The molecule has 7 heteroatoms. The van der Waals surface area contributed by atoms with Gasteiger partial charge in [0.1, 0.15) is 11.6 Å². The summed E-state index contributed by atoms with van der Waals surface area (Å²) in [5.41, 5.74) is 3.19. The van der Waals surface area contributed by atoms with Gasteiger partial charge in [-0.05, 0) is 0 Å². The van der Waals surface area contributed by atoms with E-state index in [-0.39, 0.29) is 5.69 Å². The van der Waals surface area contributed by atoms with Gasteiger partial charge in [-0.15, -0.1) is 0 Å². The van der Waals surface area contributed by atoms with Crippen molar-refractivity contribution in [2.24, 2.45) is 0 Å². The lowest BCUT2D eigenvalue weighted by Gasteiger charge is -2.10. The second-order valence-corrected chi connectivity index (χ2v) is 2.75. The van der Waals surface area contributed by atoms with E-state index in [4.69, 9.17) is 11.0 Å². The number of alkyl halides is 2. The molecular formula is C9H7F2N3O2. The molecule has 0 aliphatic rings. The minimum Gasteiger partial charge on any atom is -0.465 e. The lowest BCUT2D eigenvalue weighted by atomic mass is 10.1. The largest absolute Gasteiger partial charge is 0.465 e. The number of esters is 1. The summed E-state index contributed by atoms with van der Waals surface area (Å²) in [4.78, 5) is 14.8. The van der Waals surface area contributed by atoms with Crippen molar-refractivity contribution in [3.8, 4) is 6.07 Å². The van der Waals surface area contributed by atoms with E-state index in [0.717, 1.165) is 13.3 Å². The first kappa shape index (κ1) is 11.8. The number of ether oxygens (including phenoxy) is 1. The predicted molar refractivity (Wildman–Crippen MR) is 49.7 cm³/mol. The van der Waals surface area contributed by atoms with E-state index >= 15 is 0 Å². The zero-order valence-corrected chi connectivity index (χ0v) is 8.20. The smallest absolute Gasteiger partial charge is 0.341 e. The number of nitriles is 1. The van der Waals surface area contributed by atoms with Crippen LogP contribution in [0.5, 0.6) is 0 Å². The molecule has 5 nitrogen and oxygen atoms in total. The fourth-order valence-corrected chi connectivity index (χ4v) is 1.17. The Bertz CT molecular complexity index is 469. The highest BCUT2D eigenvalue weighted by atomic mass is 19.3. The van der Waals surface area contributed by atoms with E-state index in [9.17, 15) is 13.6 Å². The van der Waals surface area contributed by atoms with E-state index in [1.807, 2.05) is 0 Å². The Hall–Kier alpha value is -2.23. The van der Waals surface area contributed by atoms with Gasteiger partial charge in [-0.2, -0.15) is 5.26 Å². The summed E-state index contributed by atoms with van der Waals surface area (Å²) in [6.45, 7) is 0. The fourth-order valence-electron chi connectivity index (χ4n) is 1.17. The average Bonchev–Trinajstić information content (AvgIpc) is 2.27. The average molecular weight is 227 g/mol. The first-order valence-electron chi connectivity index (χ1n) is 4.07. The van der Waals surface area contributed by atoms with E-state index < -0.39 is 29.2 Å². The van der Waals surface area contributed by atoms with Crippen LogP contribution in [-0.2, 0) is 4.74 Å². The van der Waals surface area contributed by atoms with Gasteiger partial charge in [-0.25, -0.2) is 18.6 Å². The molecule has 0 radical (unpaired) electrons. The van der Waals surface area contributed by atoms with Gasteiger partial charge in [0.15, 0.2) is 5.69 Å². The molecule has 1 aromatic rings. The Morgan fingerprint density at radius 3 is 2.75 bits per heavy atom. The lowest BCUT2D eigenvalue weighted by Crippen LogP contribution is -2.12. The van der Waals surface area contributed by atoms with Crippen molar-refractivity contribution in [2.45, 2.75) is 6.43 Å². The number of hydrogen-bond acceptors (Lipinski definition) is 5. The van der Waals surface area contributed by atoms with Crippen LogP contribution in [0.1, 0.15) is 28.0 Å². The third-order valence-corrected chi connectivity index (χ3v) is 1.86. The van der Waals surface area contributed by atoms with Gasteiger partial charge >= 0.3 is 5.97 Å². The number of nitrogen functional groups attached to an aromatic ring is 1. The van der Waals surface area contributed by atoms with Crippen LogP contribution in [-0.4, -0.2) is 18.1 Å². The summed E-state index contributed by atoms with van der Waals surface area (Å²) in [5.74, 6) is -1.06. The van der Waals surface area contributed by atoms with Crippen LogP contribution in [0.3, 0.4) is 0 Å². The molecule has 0 unspecified atom stereocenters. The Balaban J connectivity index is 3.57. The summed E-state index contributed by atoms with van der Waals surface area (Å²) in [6.07, 6.45) is -2.07. The van der Waals surface area contributed by atoms with Gasteiger partial charge in [0, 0.05) is 0 Å². The van der Waals surface area contributed by atoms with Crippen molar-refractivity contribution in [1.82, 2.24) is 4.98 Å². The van der Waals surface area contributed by atoms with E-state index in [1.165, 1.54) is 6.07 Å². The fraction of sp³-hybridized carbons (Fsp3) is 0.222. The van der Waals surface area contributed by atoms with E-state index in [2.05, 4.69) is 9.72 Å². The number of rotatable bonds is 2.